The van der Waals surface area contributed by atoms with E-state index in [0.29, 0.717) is 0 Å². The molecule has 0 bridgehead atoms. The number of pyridine rings is 1. The van der Waals surface area contributed by atoms with E-state index in [1.807, 2.05) is 6.20 Å². The minimum Gasteiger partial charge on any atom is -0.362 e. The molecule has 0 saturated carbocycles. The molecule has 5 heterocycles. The van der Waals surface area contributed by atoms with Crippen LogP contribution in [0.3, 0.4) is 0 Å². The maximum Gasteiger partial charge on any atom is 0.137 e. The van der Waals surface area contributed by atoms with Crippen LogP contribution in [0.4, 0.5) is 0 Å². The molecule has 1 aliphatic carbocycles. The van der Waals surface area contributed by atoms with Crippen molar-refractivity contribution in [3.8, 4) is 11.1 Å². The van der Waals surface area contributed by atoms with Crippen LogP contribution in [0.1, 0.15) is 47.5 Å². The van der Waals surface area contributed by atoms with E-state index in [-0.39, 0.29) is 5.41 Å². The summed E-state index contributed by atoms with van der Waals surface area (Å²) in [6.07, 6.45) is 9.68. The summed E-state index contributed by atoms with van der Waals surface area (Å²) >= 11 is 0. The molecule has 6 nitrogen and oxygen atoms in total. The summed E-state index contributed by atoms with van der Waals surface area (Å²) in [4.78, 5) is 17.7. The minimum absolute atomic E-state index is 0.233. The van der Waals surface area contributed by atoms with E-state index in [1.54, 1.807) is 0 Å². The highest BCUT2D eigenvalue weighted by Crippen LogP contribution is 2.51. The third-order valence-corrected chi connectivity index (χ3v) is 8.95. The van der Waals surface area contributed by atoms with Gasteiger partial charge in [-0.15, -0.1) is 0 Å². The molecule has 1 spiro atoms. The highest BCUT2D eigenvalue weighted by molar-refractivity contribution is 5.95. The Morgan fingerprint density at radius 1 is 1.08 bits per heavy atom. The van der Waals surface area contributed by atoms with Gasteiger partial charge >= 0.3 is 0 Å². The quantitative estimate of drug-likeness (QED) is 0.406. The number of nitrogens with zero attached hydrogens (tertiary/aromatic N) is 5. The Balaban J connectivity index is 1.23. The molecule has 6 heteroatoms. The number of H-pyrrole nitrogens is 1. The van der Waals surface area contributed by atoms with Crippen molar-refractivity contribution in [3.05, 3.63) is 84.2 Å². The predicted molar refractivity (Wildman–Crippen MR) is 150 cm³/mol. The van der Waals surface area contributed by atoms with E-state index >= 15 is 0 Å². The van der Waals surface area contributed by atoms with Gasteiger partial charge < -0.3 is 19.4 Å². The standard InChI is InChI=1S/C31H34N6/c1-20-15-31(7-9-35(4)10-8-31)28-14-23(5-6-25(20)28)27-17-33-30-26(27)13-24(16-32-30)22(3)36-11-12-37-18-21(2)34-29(37)19-36/h5-6,13-14,16-18H,1,3,7-12,15,19H2,2,4H3,(H,32,33). The zero-order valence-electron chi connectivity index (χ0n) is 21.8. The number of aryl methyl sites for hydroxylation is 1. The van der Waals surface area contributed by atoms with Crippen LogP contribution >= 0.6 is 0 Å². The lowest BCUT2D eigenvalue weighted by Gasteiger charge is -2.38. The van der Waals surface area contributed by atoms with Gasteiger partial charge in [0.2, 0.25) is 0 Å². The van der Waals surface area contributed by atoms with E-state index in [1.165, 1.54) is 40.7 Å². The number of rotatable bonds is 3. The molecule has 3 aliphatic rings. The molecule has 1 fully saturated rings. The number of nitrogens with one attached hydrogen (secondary N) is 1. The molecule has 37 heavy (non-hydrogen) atoms. The number of aromatic nitrogens is 4. The zero-order chi connectivity index (χ0) is 25.3. The van der Waals surface area contributed by atoms with Crippen LogP contribution in [0.5, 0.6) is 0 Å². The molecule has 188 valence electrons. The Morgan fingerprint density at radius 2 is 1.92 bits per heavy atom. The number of piperidine rings is 1. The summed E-state index contributed by atoms with van der Waals surface area (Å²) in [6, 6.07) is 9.25. The van der Waals surface area contributed by atoms with Gasteiger partial charge in [0.15, 0.2) is 0 Å². The Hall–Kier alpha value is -3.64. The first kappa shape index (κ1) is 22.5. The highest BCUT2D eigenvalue weighted by Gasteiger charge is 2.42. The lowest BCUT2D eigenvalue weighted by atomic mass is 9.73. The van der Waals surface area contributed by atoms with Crippen molar-refractivity contribution in [1.29, 1.82) is 0 Å². The molecule has 0 unspecified atom stereocenters. The number of aromatic amines is 1. The Kier molecular flexibility index (Phi) is 4.99. The van der Waals surface area contributed by atoms with Crippen molar-refractivity contribution in [2.45, 2.75) is 44.7 Å². The average Bonchev–Trinajstić information content (AvgIpc) is 3.57. The molecule has 0 amide bonds. The lowest BCUT2D eigenvalue weighted by Crippen LogP contribution is -2.39. The van der Waals surface area contributed by atoms with Crippen molar-refractivity contribution in [3.63, 3.8) is 0 Å². The molecule has 0 radical (unpaired) electrons. The van der Waals surface area contributed by atoms with E-state index < -0.39 is 0 Å². The van der Waals surface area contributed by atoms with Crippen molar-refractivity contribution in [2.75, 3.05) is 26.7 Å². The summed E-state index contributed by atoms with van der Waals surface area (Å²) < 4.78 is 2.25. The fraction of sp³-hybridized carbons (Fsp3) is 0.355. The van der Waals surface area contributed by atoms with Gasteiger partial charge in [-0.2, -0.15) is 0 Å². The zero-order valence-corrected chi connectivity index (χ0v) is 21.8. The van der Waals surface area contributed by atoms with Crippen LogP contribution in [-0.4, -0.2) is 56.0 Å². The van der Waals surface area contributed by atoms with Crippen molar-refractivity contribution in [2.24, 2.45) is 0 Å². The van der Waals surface area contributed by atoms with Gasteiger partial charge in [0.05, 0.1) is 12.2 Å². The van der Waals surface area contributed by atoms with Gasteiger partial charge in [0.25, 0.3) is 0 Å². The van der Waals surface area contributed by atoms with Crippen LogP contribution in [0.15, 0.2) is 56.0 Å². The molecular formula is C31H34N6. The van der Waals surface area contributed by atoms with E-state index in [4.69, 9.17) is 9.97 Å². The fourth-order valence-electron chi connectivity index (χ4n) is 6.76. The number of allylic oxidation sites excluding steroid dienone is 1. The molecule has 1 N–H and O–H groups in total. The Labute approximate surface area is 218 Å². The number of fused-ring (bicyclic) bond motifs is 4. The van der Waals surface area contributed by atoms with Crippen LogP contribution < -0.4 is 0 Å². The molecule has 1 aromatic carbocycles. The molecule has 0 atom stereocenters. The Morgan fingerprint density at radius 3 is 2.76 bits per heavy atom. The van der Waals surface area contributed by atoms with Crippen molar-refractivity contribution < 1.29 is 0 Å². The van der Waals surface area contributed by atoms with Gasteiger partial charge in [-0.05, 0) is 80.7 Å². The number of hydrogen-bond donors (Lipinski definition) is 1. The van der Waals surface area contributed by atoms with Crippen LogP contribution in [0, 0.1) is 6.92 Å². The second-order valence-corrected chi connectivity index (χ2v) is 11.3. The van der Waals surface area contributed by atoms with Crippen LogP contribution in [0.25, 0.3) is 33.4 Å². The second kappa shape index (κ2) is 8.18. The maximum absolute atomic E-state index is 4.78. The first-order valence-corrected chi connectivity index (χ1v) is 13.4. The van der Waals surface area contributed by atoms with E-state index in [0.717, 1.165) is 73.0 Å². The molecule has 3 aromatic heterocycles. The summed E-state index contributed by atoms with van der Waals surface area (Å²) in [6.45, 7) is 15.9. The van der Waals surface area contributed by atoms with Gasteiger partial charge in [0.1, 0.15) is 11.5 Å². The average molecular weight is 491 g/mol. The van der Waals surface area contributed by atoms with E-state index in [9.17, 15) is 0 Å². The molecule has 1 saturated heterocycles. The third kappa shape index (κ3) is 3.57. The van der Waals surface area contributed by atoms with Gasteiger partial charge in [-0.25, -0.2) is 9.97 Å². The fourth-order valence-corrected chi connectivity index (χ4v) is 6.76. The highest BCUT2D eigenvalue weighted by atomic mass is 15.2. The number of benzene rings is 1. The van der Waals surface area contributed by atoms with Gasteiger partial charge in [-0.1, -0.05) is 25.3 Å². The maximum atomic E-state index is 4.78. The largest absolute Gasteiger partial charge is 0.362 e. The third-order valence-electron chi connectivity index (χ3n) is 8.95. The van der Waals surface area contributed by atoms with Gasteiger partial charge in [0, 0.05) is 59.3 Å². The summed E-state index contributed by atoms with van der Waals surface area (Å²) in [7, 11) is 2.23. The van der Waals surface area contributed by atoms with E-state index in [2.05, 4.69) is 83.1 Å². The lowest BCUT2D eigenvalue weighted by molar-refractivity contribution is 0.194. The summed E-state index contributed by atoms with van der Waals surface area (Å²) in [5, 5.41) is 1.14. The van der Waals surface area contributed by atoms with Gasteiger partial charge in [-0.3, -0.25) is 0 Å². The molecule has 2 aliphatic heterocycles. The van der Waals surface area contributed by atoms with Crippen molar-refractivity contribution >= 4 is 22.3 Å². The van der Waals surface area contributed by atoms with Crippen molar-refractivity contribution in [1.82, 2.24) is 29.3 Å². The predicted octanol–water partition coefficient (Wildman–Crippen LogP) is 5.60. The SMILES string of the molecule is C=C1CC2(CCN(C)CC2)c2cc(-c3c[nH]c4ncc(C(=C)N5CCn6cc(C)nc6C5)cc34)ccc21. The molecular weight excluding hydrogens is 456 g/mol. The number of hydrogen-bond acceptors (Lipinski definition) is 4. The second-order valence-electron chi connectivity index (χ2n) is 11.3. The van der Waals surface area contributed by atoms with Crippen LogP contribution in [0.2, 0.25) is 0 Å². The number of likely N-dealkylation sites (tertiary alicyclic amines) is 1. The first-order valence-electron chi connectivity index (χ1n) is 13.4. The minimum atomic E-state index is 0.233. The normalized spacial score (nSPS) is 19.0. The molecule has 4 aromatic rings. The van der Waals surface area contributed by atoms with Crippen LogP contribution in [-0.2, 0) is 18.5 Å². The monoisotopic (exact) mass is 490 g/mol. The summed E-state index contributed by atoms with van der Waals surface area (Å²) in [5.74, 6) is 1.10. The first-order chi connectivity index (χ1) is 17.9. The Bertz CT molecular complexity index is 1560. The number of imidazole rings is 1. The topological polar surface area (TPSA) is 53.0 Å². The summed E-state index contributed by atoms with van der Waals surface area (Å²) in [5.41, 5.74) is 10.9. The molecule has 7 rings (SSSR count). The smallest absolute Gasteiger partial charge is 0.137 e.